The molecule has 0 fully saturated rings. The van der Waals surface area contributed by atoms with E-state index in [-0.39, 0.29) is 49.8 Å². The minimum absolute atomic E-state index is 0.0123. The van der Waals surface area contributed by atoms with Crippen LogP contribution in [-0.2, 0) is 30.8 Å². The molecule has 3 heterocycles. The van der Waals surface area contributed by atoms with E-state index in [0.29, 0.717) is 29.7 Å². The van der Waals surface area contributed by atoms with E-state index in [0.717, 1.165) is 0 Å². The molecule has 0 bridgehead atoms. The summed E-state index contributed by atoms with van der Waals surface area (Å²) in [5, 5.41) is 12.8. The molecule has 0 spiro atoms. The van der Waals surface area contributed by atoms with Crippen LogP contribution in [0.2, 0.25) is 0 Å². The van der Waals surface area contributed by atoms with Crippen molar-refractivity contribution in [3.8, 4) is 11.6 Å². The number of nitrogens with one attached hydrogen (secondary N) is 2. The normalized spacial score (nSPS) is 11.9. The van der Waals surface area contributed by atoms with Gasteiger partial charge < -0.3 is 24.7 Å². The Hall–Kier alpha value is -5.21. The molecule has 0 aliphatic heterocycles. The zero-order valence-electron chi connectivity index (χ0n) is 23.9. The number of pyridine rings is 2. The zero-order valence-corrected chi connectivity index (χ0v) is 23.9. The van der Waals surface area contributed by atoms with Crippen LogP contribution in [0.25, 0.3) is 0 Å². The number of benzene rings is 1. The lowest BCUT2D eigenvalue weighted by Gasteiger charge is -2.13. The highest BCUT2D eigenvalue weighted by atomic mass is 19.3. The molecule has 2 N–H and O–H groups in total. The molecule has 44 heavy (non-hydrogen) atoms. The van der Waals surface area contributed by atoms with E-state index in [2.05, 4.69) is 30.7 Å². The molecule has 1 atom stereocenters. The zero-order chi connectivity index (χ0) is 31.7. The summed E-state index contributed by atoms with van der Waals surface area (Å²) in [6, 6.07) is 13.7. The summed E-state index contributed by atoms with van der Waals surface area (Å²) in [4.78, 5) is 41.5. The maximum Gasteiger partial charge on any atom is 0.394 e. The van der Waals surface area contributed by atoms with E-state index in [1.54, 1.807) is 24.3 Å². The predicted molar refractivity (Wildman–Crippen MR) is 152 cm³/mol. The van der Waals surface area contributed by atoms with Gasteiger partial charge in [0.05, 0.1) is 32.0 Å². The van der Waals surface area contributed by atoms with Crippen LogP contribution in [0.15, 0.2) is 71.8 Å². The molecule has 232 valence electrons. The van der Waals surface area contributed by atoms with Gasteiger partial charge in [-0.05, 0) is 36.2 Å². The second kappa shape index (κ2) is 14.3. The van der Waals surface area contributed by atoms with Gasteiger partial charge in [0.2, 0.25) is 11.8 Å². The summed E-state index contributed by atoms with van der Waals surface area (Å²) in [6.45, 7) is 0.501. The molecule has 12 nitrogen and oxygen atoms in total. The number of aryl methyl sites for hydroxylation is 1. The molecular formula is C29H30F3N7O5. The largest absolute Gasteiger partial charge is 0.481 e. The van der Waals surface area contributed by atoms with E-state index in [9.17, 15) is 27.6 Å². The average Bonchev–Trinajstić information content (AvgIpc) is 3.43. The van der Waals surface area contributed by atoms with Crippen LogP contribution in [-0.4, -0.2) is 55.7 Å². The smallest absolute Gasteiger partial charge is 0.394 e. The first-order valence-corrected chi connectivity index (χ1v) is 13.5. The van der Waals surface area contributed by atoms with Gasteiger partial charge in [0, 0.05) is 44.0 Å². The van der Waals surface area contributed by atoms with Gasteiger partial charge in [0.1, 0.15) is 11.9 Å². The van der Waals surface area contributed by atoms with Gasteiger partial charge in [-0.3, -0.25) is 14.4 Å². The molecule has 15 heteroatoms. The second-order valence-electron chi connectivity index (χ2n) is 9.80. The summed E-state index contributed by atoms with van der Waals surface area (Å²) in [6.07, 6.45) is -2.05. The number of carbonyl (C=O) groups is 2. The van der Waals surface area contributed by atoms with Crippen molar-refractivity contribution in [2.24, 2.45) is 0 Å². The van der Waals surface area contributed by atoms with Crippen LogP contribution in [0, 0.1) is 0 Å². The van der Waals surface area contributed by atoms with Gasteiger partial charge in [-0.1, -0.05) is 23.4 Å². The van der Waals surface area contributed by atoms with E-state index < -0.39 is 23.7 Å². The van der Waals surface area contributed by atoms with Crippen molar-refractivity contribution in [2.45, 2.75) is 51.7 Å². The third-order valence-corrected chi connectivity index (χ3v) is 6.10. The molecule has 1 aromatic carbocycles. The topological polar surface area (TPSA) is 142 Å². The maximum atomic E-state index is 14.7. The van der Waals surface area contributed by atoms with Gasteiger partial charge >= 0.3 is 6.11 Å². The van der Waals surface area contributed by atoms with Crippen molar-refractivity contribution < 1.29 is 32.2 Å². The Morgan fingerprint density at radius 2 is 1.91 bits per heavy atom. The second-order valence-corrected chi connectivity index (χ2v) is 9.80. The van der Waals surface area contributed by atoms with Crippen LogP contribution >= 0.6 is 0 Å². The molecule has 2 amide bonds. The van der Waals surface area contributed by atoms with Gasteiger partial charge in [-0.2, -0.15) is 8.78 Å². The number of anilines is 1. The van der Waals surface area contributed by atoms with Crippen LogP contribution < -0.4 is 25.7 Å². The number of methoxy groups -OCH3 is 1. The average molecular weight is 614 g/mol. The van der Waals surface area contributed by atoms with Crippen LogP contribution in [0.3, 0.4) is 0 Å². The molecule has 0 saturated heterocycles. The molecule has 0 aliphatic rings. The predicted octanol–water partition coefficient (Wildman–Crippen LogP) is 3.37. The highest BCUT2D eigenvalue weighted by Crippen LogP contribution is 2.22. The Balaban J connectivity index is 1.23. The number of halogens is 3. The minimum Gasteiger partial charge on any atom is -0.481 e. The van der Waals surface area contributed by atoms with Gasteiger partial charge in [-0.15, -0.1) is 5.10 Å². The Bertz CT molecular complexity index is 1650. The first kappa shape index (κ1) is 31.7. The Labute approximate surface area is 249 Å². The van der Waals surface area contributed by atoms with Gasteiger partial charge in [0.15, 0.2) is 5.69 Å². The highest BCUT2D eigenvalue weighted by molar-refractivity contribution is 5.92. The van der Waals surface area contributed by atoms with Gasteiger partial charge in [0.25, 0.3) is 11.5 Å². The fourth-order valence-electron chi connectivity index (χ4n) is 4.07. The molecule has 0 saturated carbocycles. The van der Waals surface area contributed by atoms with E-state index >= 15 is 0 Å². The van der Waals surface area contributed by atoms with Crippen LogP contribution in [0.1, 0.15) is 35.1 Å². The third-order valence-electron chi connectivity index (χ3n) is 6.10. The van der Waals surface area contributed by atoms with Crippen molar-refractivity contribution in [2.75, 3.05) is 12.4 Å². The standard InChI is InChI=1S/C29H30F3N7O5/c1-29(31,32)44-23-7-3-5-19(13-23)16-33-28(42)24-18-39(37-36-24)17-20(30)9-11-38-12-10-22(15-27(38)41)34-25(40)14-21-6-4-8-26(35-21)43-2/h3-8,10,12-13,15,18,20H,9,11,14,16-17H2,1-2H3,(H,33,42)(H,34,40). The summed E-state index contributed by atoms with van der Waals surface area (Å²) in [5.41, 5.74) is 0.848. The van der Waals surface area contributed by atoms with Crippen molar-refractivity contribution in [1.29, 1.82) is 0 Å². The number of rotatable bonds is 14. The van der Waals surface area contributed by atoms with Crippen LogP contribution in [0.5, 0.6) is 11.6 Å². The minimum atomic E-state index is -3.34. The highest BCUT2D eigenvalue weighted by Gasteiger charge is 2.23. The van der Waals surface area contributed by atoms with Gasteiger partial charge in [-0.25, -0.2) is 14.1 Å². The molecule has 4 aromatic rings. The fraction of sp³-hybridized carbons (Fsp3) is 0.310. The summed E-state index contributed by atoms with van der Waals surface area (Å²) < 4.78 is 52.9. The fourth-order valence-corrected chi connectivity index (χ4v) is 4.07. The molecule has 0 radical (unpaired) electrons. The SMILES string of the molecule is COc1cccc(CC(=O)Nc2ccn(CCC(F)Cn3cc(C(=O)NCc4cccc(OC(C)(F)F)c4)nn3)c(=O)c2)n1. The molecule has 0 aliphatic carbocycles. The van der Waals surface area contributed by atoms with Crippen molar-refractivity contribution in [3.63, 3.8) is 0 Å². The Morgan fingerprint density at radius 1 is 1.11 bits per heavy atom. The molecule has 4 rings (SSSR count). The number of aromatic nitrogens is 5. The Morgan fingerprint density at radius 3 is 2.66 bits per heavy atom. The molecule has 1 unspecified atom stereocenters. The Kier molecular flexibility index (Phi) is 10.3. The monoisotopic (exact) mass is 613 g/mol. The number of carbonyl (C=O) groups excluding carboxylic acids is 2. The lowest BCUT2D eigenvalue weighted by atomic mass is 10.2. The number of nitrogens with zero attached hydrogens (tertiary/aromatic N) is 5. The van der Waals surface area contributed by atoms with Crippen LogP contribution in [0.4, 0.5) is 18.9 Å². The van der Waals surface area contributed by atoms with Crippen molar-refractivity contribution in [3.05, 3.63) is 94.3 Å². The van der Waals surface area contributed by atoms with E-state index in [4.69, 9.17) is 4.74 Å². The van der Waals surface area contributed by atoms with Crippen molar-refractivity contribution in [1.82, 2.24) is 29.9 Å². The molecular weight excluding hydrogens is 583 g/mol. The third kappa shape index (κ3) is 9.68. The van der Waals surface area contributed by atoms with E-state index in [1.165, 1.54) is 59.1 Å². The number of amides is 2. The first-order valence-electron chi connectivity index (χ1n) is 13.5. The quantitative estimate of drug-likeness (QED) is 0.221. The molecule has 3 aromatic heterocycles. The summed E-state index contributed by atoms with van der Waals surface area (Å²) in [5.74, 6) is -0.615. The number of ether oxygens (including phenoxy) is 2. The number of hydrogen-bond acceptors (Lipinski definition) is 8. The summed E-state index contributed by atoms with van der Waals surface area (Å²) in [7, 11) is 1.48. The summed E-state index contributed by atoms with van der Waals surface area (Å²) >= 11 is 0. The lowest BCUT2D eigenvalue weighted by Crippen LogP contribution is -2.24. The lowest BCUT2D eigenvalue weighted by molar-refractivity contribution is -0.159. The van der Waals surface area contributed by atoms with E-state index in [1.807, 2.05) is 0 Å². The maximum absolute atomic E-state index is 14.7. The first-order chi connectivity index (χ1) is 21.0. The van der Waals surface area contributed by atoms with Crippen molar-refractivity contribution >= 4 is 17.5 Å². The number of hydrogen-bond donors (Lipinski definition) is 2. The number of alkyl halides is 3.